The second-order valence-electron chi connectivity index (χ2n) is 4.99. The van der Waals surface area contributed by atoms with Crippen LogP contribution in [0, 0.1) is 11.3 Å². The SMILES string of the molecule is Cl.N#Cc1ccccc1N1CCC(NCCC(=O)O)CC1. The molecule has 1 aromatic rings. The Bertz CT molecular complexity index is 508. The van der Waals surface area contributed by atoms with E-state index in [4.69, 9.17) is 10.4 Å². The van der Waals surface area contributed by atoms with E-state index in [-0.39, 0.29) is 18.8 Å². The maximum absolute atomic E-state index is 10.5. The van der Waals surface area contributed by atoms with E-state index in [1.807, 2.05) is 24.3 Å². The third-order valence-corrected chi connectivity index (χ3v) is 3.63. The number of hydrogen-bond donors (Lipinski definition) is 2. The minimum atomic E-state index is -0.766. The highest BCUT2D eigenvalue weighted by atomic mass is 35.5. The predicted octanol–water partition coefficient (Wildman–Crippen LogP) is 2.01. The van der Waals surface area contributed by atoms with E-state index in [2.05, 4.69) is 16.3 Å². The first-order valence-electron chi connectivity index (χ1n) is 6.90. The Morgan fingerprint density at radius 1 is 1.38 bits per heavy atom. The van der Waals surface area contributed by atoms with Crippen LogP contribution in [0.1, 0.15) is 24.8 Å². The van der Waals surface area contributed by atoms with Gasteiger partial charge >= 0.3 is 5.97 Å². The summed E-state index contributed by atoms with van der Waals surface area (Å²) in [5.41, 5.74) is 1.71. The smallest absolute Gasteiger partial charge is 0.304 e. The predicted molar refractivity (Wildman–Crippen MR) is 83.9 cm³/mol. The fraction of sp³-hybridized carbons (Fsp3) is 0.467. The van der Waals surface area contributed by atoms with Crippen molar-refractivity contribution in [3.05, 3.63) is 29.8 Å². The Balaban J connectivity index is 0.00000220. The highest BCUT2D eigenvalue weighted by Gasteiger charge is 2.20. The molecule has 0 unspecified atom stereocenters. The van der Waals surface area contributed by atoms with Crippen LogP contribution in [0.15, 0.2) is 24.3 Å². The summed E-state index contributed by atoms with van der Waals surface area (Å²) in [5.74, 6) is -0.766. The van der Waals surface area contributed by atoms with Gasteiger partial charge in [0.25, 0.3) is 0 Å². The molecule has 0 atom stereocenters. The third-order valence-electron chi connectivity index (χ3n) is 3.63. The zero-order valence-electron chi connectivity index (χ0n) is 11.8. The van der Waals surface area contributed by atoms with E-state index >= 15 is 0 Å². The number of hydrogen-bond acceptors (Lipinski definition) is 4. The molecule has 21 heavy (non-hydrogen) atoms. The van der Waals surface area contributed by atoms with Gasteiger partial charge in [-0.3, -0.25) is 4.79 Å². The van der Waals surface area contributed by atoms with Gasteiger partial charge in [-0.05, 0) is 25.0 Å². The zero-order chi connectivity index (χ0) is 14.4. The molecule has 1 aliphatic rings. The maximum Gasteiger partial charge on any atom is 0.304 e. The van der Waals surface area contributed by atoms with Gasteiger partial charge in [0.15, 0.2) is 0 Å². The van der Waals surface area contributed by atoms with Crippen LogP contribution in [0.5, 0.6) is 0 Å². The van der Waals surface area contributed by atoms with Gasteiger partial charge in [-0.15, -0.1) is 12.4 Å². The number of nitrogens with one attached hydrogen (secondary N) is 1. The molecule has 0 aromatic heterocycles. The van der Waals surface area contributed by atoms with Crippen LogP contribution in [0.25, 0.3) is 0 Å². The summed E-state index contributed by atoms with van der Waals surface area (Å²) in [5, 5.41) is 21.0. The number of carboxylic acids is 1. The Morgan fingerprint density at radius 3 is 2.67 bits per heavy atom. The zero-order valence-corrected chi connectivity index (χ0v) is 12.6. The van der Waals surface area contributed by atoms with E-state index in [0.717, 1.165) is 31.6 Å². The van der Waals surface area contributed by atoms with Crippen LogP contribution in [0.2, 0.25) is 0 Å². The Morgan fingerprint density at radius 2 is 2.05 bits per heavy atom. The van der Waals surface area contributed by atoms with Gasteiger partial charge < -0.3 is 15.3 Å². The van der Waals surface area contributed by atoms with Gasteiger partial charge in [0.05, 0.1) is 17.7 Å². The number of piperidine rings is 1. The average molecular weight is 310 g/mol. The number of carboxylic acid groups (broad SMARTS) is 1. The number of benzene rings is 1. The lowest BCUT2D eigenvalue weighted by molar-refractivity contribution is -0.136. The quantitative estimate of drug-likeness (QED) is 0.870. The van der Waals surface area contributed by atoms with E-state index < -0.39 is 5.97 Å². The molecule has 0 bridgehead atoms. The summed E-state index contributed by atoms with van der Waals surface area (Å²) >= 11 is 0. The molecule has 114 valence electrons. The highest BCUT2D eigenvalue weighted by molar-refractivity contribution is 5.85. The first-order valence-corrected chi connectivity index (χ1v) is 6.90. The Kier molecular flexibility index (Phi) is 7.00. The number of nitrogens with zero attached hydrogens (tertiary/aromatic N) is 2. The lowest BCUT2D eigenvalue weighted by atomic mass is 10.0. The van der Waals surface area contributed by atoms with Crippen LogP contribution in [-0.4, -0.2) is 36.8 Å². The van der Waals surface area contributed by atoms with Crippen LogP contribution < -0.4 is 10.2 Å². The summed E-state index contributed by atoms with van der Waals surface area (Å²) in [6.45, 7) is 2.31. The minimum Gasteiger partial charge on any atom is -0.481 e. The molecule has 1 aliphatic heterocycles. The number of rotatable bonds is 5. The molecule has 1 aromatic carbocycles. The van der Waals surface area contributed by atoms with Crippen molar-refractivity contribution in [3.63, 3.8) is 0 Å². The number of nitriles is 1. The largest absolute Gasteiger partial charge is 0.481 e. The second-order valence-corrected chi connectivity index (χ2v) is 4.99. The molecule has 2 N–H and O–H groups in total. The van der Waals surface area contributed by atoms with Gasteiger partial charge in [0.2, 0.25) is 0 Å². The minimum absolute atomic E-state index is 0. The van der Waals surface area contributed by atoms with Crippen LogP contribution in [-0.2, 0) is 4.79 Å². The van der Waals surface area contributed by atoms with Crippen molar-refractivity contribution in [2.24, 2.45) is 0 Å². The van der Waals surface area contributed by atoms with E-state index in [9.17, 15) is 4.79 Å². The fourth-order valence-corrected chi connectivity index (χ4v) is 2.55. The molecule has 0 amide bonds. The molecular weight excluding hydrogens is 290 g/mol. The number of carbonyl (C=O) groups is 1. The van der Waals surface area contributed by atoms with Gasteiger partial charge in [-0.1, -0.05) is 12.1 Å². The molecule has 0 aliphatic carbocycles. The molecule has 2 rings (SSSR count). The molecule has 5 nitrogen and oxygen atoms in total. The average Bonchev–Trinajstić information content (AvgIpc) is 2.47. The Labute approximate surface area is 131 Å². The topological polar surface area (TPSA) is 76.4 Å². The van der Waals surface area contributed by atoms with Crippen LogP contribution >= 0.6 is 12.4 Å². The highest BCUT2D eigenvalue weighted by Crippen LogP contribution is 2.23. The van der Waals surface area contributed by atoms with Crippen LogP contribution in [0.4, 0.5) is 5.69 Å². The van der Waals surface area contributed by atoms with Crippen LogP contribution in [0.3, 0.4) is 0 Å². The van der Waals surface area contributed by atoms with E-state index in [1.165, 1.54) is 0 Å². The molecule has 1 fully saturated rings. The molecule has 0 saturated carbocycles. The molecule has 1 heterocycles. The Hall–Kier alpha value is -1.77. The first-order chi connectivity index (χ1) is 9.70. The number of aliphatic carboxylic acids is 1. The van der Waals surface area contributed by atoms with Crippen molar-refractivity contribution in [1.82, 2.24) is 5.32 Å². The van der Waals surface area contributed by atoms with Gasteiger partial charge in [0.1, 0.15) is 6.07 Å². The lowest BCUT2D eigenvalue weighted by Crippen LogP contribution is -2.43. The van der Waals surface area contributed by atoms with Gasteiger partial charge in [-0.25, -0.2) is 0 Å². The molecular formula is C15H20ClN3O2. The van der Waals surface area contributed by atoms with E-state index in [1.54, 1.807) is 0 Å². The van der Waals surface area contributed by atoms with E-state index in [0.29, 0.717) is 18.2 Å². The normalized spacial score (nSPS) is 15.1. The molecule has 0 radical (unpaired) electrons. The van der Waals surface area contributed by atoms with Crippen molar-refractivity contribution in [3.8, 4) is 6.07 Å². The molecule has 1 saturated heterocycles. The second kappa shape index (κ2) is 8.50. The van der Waals surface area contributed by atoms with Crippen molar-refractivity contribution in [2.45, 2.75) is 25.3 Å². The lowest BCUT2D eigenvalue weighted by Gasteiger charge is -2.34. The summed E-state index contributed by atoms with van der Waals surface area (Å²) in [6.07, 6.45) is 2.11. The number of anilines is 1. The van der Waals surface area contributed by atoms with Gasteiger partial charge in [0, 0.05) is 25.7 Å². The number of para-hydroxylation sites is 1. The summed E-state index contributed by atoms with van der Waals surface area (Å²) in [4.78, 5) is 12.7. The standard InChI is InChI=1S/C15H19N3O2.ClH/c16-11-12-3-1-2-4-14(12)18-9-6-13(7-10-18)17-8-5-15(19)20;/h1-4,13,17H,5-10H2,(H,19,20);1H. The van der Waals surface area contributed by atoms with Crippen molar-refractivity contribution < 1.29 is 9.90 Å². The van der Waals surface area contributed by atoms with Gasteiger partial charge in [-0.2, -0.15) is 5.26 Å². The summed E-state index contributed by atoms with van der Waals surface area (Å²) in [6, 6.07) is 10.3. The maximum atomic E-state index is 10.5. The summed E-state index contributed by atoms with van der Waals surface area (Å²) in [7, 11) is 0. The monoisotopic (exact) mass is 309 g/mol. The fourth-order valence-electron chi connectivity index (χ4n) is 2.55. The van der Waals surface area contributed by atoms with Crippen molar-refractivity contribution in [2.75, 3.05) is 24.5 Å². The van der Waals surface area contributed by atoms with Crippen molar-refractivity contribution in [1.29, 1.82) is 5.26 Å². The first kappa shape index (κ1) is 17.3. The van der Waals surface area contributed by atoms with Crippen molar-refractivity contribution >= 4 is 24.1 Å². The third kappa shape index (κ3) is 4.92. The molecule has 0 spiro atoms. The molecule has 6 heteroatoms. The number of halogens is 1. The summed E-state index contributed by atoms with van der Waals surface area (Å²) < 4.78 is 0.